The molecule has 2 amide bonds. The molecule has 1 N–H and O–H groups in total. The highest BCUT2D eigenvalue weighted by Gasteiger charge is 2.29. The lowest BCUT2D eigenvalue weighted by Crippen LogP contribution is -2.49. The molecule has 0 spiro atoms. The summed E-state index contributed by atoms with van der Waals surface area (Å²) in [5.74, 6) is 0.248. The van der Waals surface area contributed by atoms with E-state index < -0.39 is 0 Å². The Morgan fingerprint density at radius 2 is 1.86 bits per heavy atom. The van der Waals surface area contributed by atoms with Gasteiger partial charge in [-0.15, -0.1) is 0 Å². The lowest BCUT2D eigenvalue weighted by molar-refractivity contribution is -0.134. The first-order valence-electron chi connectivity index (χ1n) is 8.05. The molecular weight excluding hydrogens is 268 g/mol. The van der Waals surface area contributed by atoms with Crippen LogP contribution in [0.3, 0.4) is 0 Å². The summed E-state index contributed by atoms with van der Waals surface area (Å²) < 4.78 is 5.39. The maximum atomic E-state index is 12.2. The van der Waals surface area contributed by atoms with E-state index in [0.717, 1.165) is 38.8 Å². The van der Waals surface area contributed by atoms with Crippen molar-refractivity contribution in [2.75, 3.05) is 19.7 Å². The number of nitrogens with one attached hydrogen (secondary N) is 1. The molecule has 2 fully saturated rings. The van der Waals surface area contributed by atoms with Gasteiger partial charge in [0.15, 0.2) is 0 Å². The van der Waals surface area contributed by atoms with Gasteiger partial charge < -0.3 is 15.0 Å². The highest BCUT2D eigenvalue weighted by molar-refractivity contribution is 5.81. The van der Waals surface area contributed by atoms with E-state index in [0.29, 0.717) is 13.0 Å². The fourth-order valence-corrected chi connectivity index (χ4v) is 2.92. The third-order valence-electron chi connectivity index (χ3n) is 4.10. The van der Waals surface area contributed by atoms with Crippen LogP contribution in [0.5, 0.6) is 0 Å². The van der Waals surface area contributed by atoms with Crippen LogP contribution in [0, 0.1) is 5.41 Å². The summed E-state index contributed by atoms with van der Waals surface area (Å²) in [6.07, 6.45) is 3.81. The molecule has 2 aliphatic heterocycles. The average molecular weight is 296 g/mol. The van der Waals surface area contributed by atoms with Crippen LogP contribution in [0.1, 0.15) is 52.9 Å². The monoisotopic (exact) mass is 296 g/mol. The first kappa shape index (κ1) is 16.3. The van der Waals surface area contributed by atoms with E-state index in [9.17, 15) is 9.59 Å². The highest BCUT2D eigenvalue weighted by atomic mass is 16.5. The largest absolute Gasteiger partial charge is 0.368 e. The Morgan fingerprint density at radius 1 is 1.19 bits per heavy atom. The summed E-state index contributed by atoms with van der Waals surface area (Å²) in [5.41, 5.74) is 0.0297. The number of hydrogen-bond donors (Lipinski definition) is 1. The van der Waals surface area contributed by atoms with Gasteiger partial charge in [-0.25, -0.2) is 0 Å². The van der Waals surface area contributed by atoms with Gasteiger partial charge in [0.25, 0.3) is 0 Å². The van der Waals surface area contributed by atoms with Gasteiger partial charge in [-0.2, -0.15) is 0 Å². The minimum Gasteiger partial charge on any atom is -0.368 e. The average Bonchev–Trinajstić information content (AvgIpc) is 2.91. The van der Waals surface area contributed by atoms with Gasteiger partial charge in [0.05, 0.1) is 0 Å². The Kier molecular flexibility index (Phi) is 5.25. The second kappa shape index (κ2) is 6.77. The van der Waals surface area contributed by atoms with Gasteiger partial charge >= 0.3 is 0 Å². The zero-order valence-corrected chi connectivity index (χ0v) is 13.5. The van der Waals surface area contributed by atoms with Gasteiger partial charge in [0.2, 0.25) is 11.8 Å². The summed E-state index contributed by atoms with van der Waals surface area (Å²) in [6, 6.07) is 0.181. The van der Waals surface area contributed by atoms with Crippen LogP contribution in [0.25, 0.3) is 0 Å². The van der Waals surface area contributed by atoms with Crippen molar-refractivity contribution < 1.29 is 14.3 Å². The van der Waals surface area contributed by atoms with Crippen LogP contribution in [-0.4, -0.2) is 48.6 Å². The number of carbonyl (C=O) groups excluding carboxylic acids is 2. The Balaban J connectivity index is 1.72. The fraction of sp³-hybridized carbons (Fsp3) is 0.875. The zero-order chi connectivity index (χ0) is 15.5. The van der Waals surface area contributed by atoms with Crippen molar-refractivity contribution in [2.24, 2.45) is 5.41 Å². The lowest BCUT2D eigenvalue weighted by atomic mass is 9.91. The van der Waals surface area contributed by atoms with Crippen LogP contribution in [0.4, 0.5) is 0 Å². The van der Waals surface area contributed by atoms with Crippen molar-refractivity contribution in [3.05, 3.63) is 0 Å². The van der Waals surface area contributed by atoms with Crippen LogP contribution < -0.4 is 5.32 Å². The molecular formula is C16H28N2O3. The minimum absolute atomic E-state index is 0.0203. The van der Waals surface area contributed by atoms with Gasteiger partial charge in [0.1, 0.15) is 6.10 Å². The predicted octanol–water partition coefficient (Wildman–Crippen LogP) is 1.71. The van der Waals surface area contributed by atoms with Crippen molar-refractivity contribution >= 4 is 11.8 Å². The molecule has 0 aliphatic carbocycles. The molecule has 0 bridgehead atoms. The second-order valence-corrected chi connectivity index (χ2v) is 7.40. The summed E-state index contributed by atoms with van der Waals surface area (Å²) in [5, 5.41) is 3.07. The standard InChI is InChI=1S/C16H28N2O3/c1-16(2,3)11-14(19)18-8-6-12(7-9-18)17-15(20)13-5-4-10-21-13/h12-13H,4-11H2,1-3H3,(H,17,20). The van der Waals surface area contributed by atoms with E-state index in [-0.39, 0.29) is 29.4 Å². The van der Waals surface area contributed by atoms with Gasteiger partial charge in [0, 0.05) is 32.2 Å². The fourth-order valence-electron chi connectivity index (χ4n) is 2.92. The number of hydrogen-bond acceptors (Lipinski definition) is 3. The quantitative estimate of drug-likeness (QED) is 0.862. The summed E-state index contributed by atoms with van der Waals surface area (Å²) in [4.78, 5) is 26.1. The first-order valence-corrected chi connectivity index (χ1v) is 8.05. The van der Waals surface area contributed by atoms with E-state index in [2.05, 4.69) is 26.1 Å². The summed E-state index contributed by atoms with van der Waals surface area (Å²) in [7, 11) is 0. The molecule has 120 valence electrons. The van der Waals surface area contributed by atoms with E-state index in [1.807, 2.05) is 4.90 Å². The third-order valence-corrected chi connectivity index (χ3v) is 4.10. The van der Waals surface area contributed by atoms with E-state index >= 15 is 0 Å². The Hall–Kier alpha value is -1.10. The van der Waals surface area contributed by atoms with Crippen molar-refractivity contribution in [1.82, 2.24) is 10.2 Å². The van der Waals surface area contributed by atoms with Crippen molar-refractivity contribution in [3.63, 3.8) is 0 Å². The molecule has 0 saturated carbocycles. The maximum Gasteiger partial charge on any atom is 0.249 e. The second-order valence-electron chi connectivity index (χ2n) is 7.40. The molecule has 5 heteroatoms. The Morgan fingerprint density at radius 3 is 2.38 bits per heavy atom. The smallest absolute Gasteiger partial charge is 0.249 e. The van der Waals surface area contributed by atoms with Crippen LogP contribution in [-0.2, 0) is 14.3 Å². The summed E-state index contributed by atoms with van der Waals surface area (Å²) in [6.45, 7) is 8.42. The lowest BCUT2D eigenvalue weighted by Gasteiger charge is -2.34. The molecule has 0 aromatic rings. The van der Waals surface area contributed by atoms with E-state index in [4.69, 9.17) is 4.74 Å². The molecule has 0 aromatic carbocycles. The van der Waals surface area contributed by atoms with Gasteiger partial charge in [-0.3, -0.25) is 9.59 Å². The minimum atomic E-state index is -0.259. The predicted molar refractivity (Wildman–Crippen MR) is 80.8 cm³/mol. The number of amides is 2. The van der Waals surface area contributed by atoms with Gasteiger partial charge in [-0.1, -0.05) is 20.8 Å². The molecule has 2 heterocycles. The Bertz CT molecular complexity index is 375. The molecule has 1 atom stereocenters. The Labute approximate surface area is 127 Å². The number of piperidine rings is 1. The molecule has 2 aliphatic rings. The third kappa shape index (κ3) is 4.99. The van der Waals surface area contributed by atoms with E-state index in [1.165, 1.54) is 0 Å². The SMILES string of the molecule is CC(C)(C)CC(=O)N1CCC(NC(=O)C2CCCO2)CC1. The first-order chi connectivity index (χ1) is 9.85. The van der Waals surface area contributed by atoms with Crippen LogP contribution in [0.15, 0.2) is 0 Å². The summed E-state index contributed by atoms with van der Waals surface area (Å²) >= 11 is 0. The highest BCUT2D eigenvalue weighted by Crippen LogP contribution is 2.22. The van der Waals surface area contributed by atoms with E-state index in [1.54, 1.807) is 0 Å². The molecule has 2 rings (SSSR count). The molecule has 1 unspecified atom stereocenters. The number of nitrogens with zero attached hydrogens (tertiary/aromatic N) is 1. The van der Waals surface area contributed by atoms with Crippen molar-refractivity contribution in [2.45, 2.75) is 65.0 Å². The normalized spacial score (nSPS) is 24.1. The molecule has 0 radical (unpaired) electrons. The van der Waals surface area contributed by atoms with Crippen molar-refractivity contribution in [3.8, 4) is 0 Å². The van der Waals surface area contributed by atoms with Crippen LogP contribution >= 0.6 is 0 Å². The number of likely N-dealkylation sites (tertiary alicyclic amines) is 1. The zero-order valence-electron chi connectivity index (χ0n) is 13.5. The molecule has 0 aromatic heterocycles. The molecule has 2 saturated heterocycles. The topological polar surface area (TPSA) is 58.6 Å². The molecule has 21 heavy (non-hydrogen) atoms. The van der Waals surface area contributed by atoms with Crippen LogP contribution in [0.2, 0.25) is 0 Å². The number of ether oxygens (including phenoxy) is 1. The van der Waals surface area contributed by atoms with Crippen molar-refractivity contribution in [1.29, 1.82) is 0 Å². The maximum absolute atomic E-state index is 12.2. The molecule has 5 nitrogen and oxygen atoms in total. The van der Waals surface area contributed by atoms with Gasteiger partial charge in [-0.05, 0) is 31.1 Å². The number of carbonyl (C=O) groups is 2. The number of rotatable bonds is 3.